The van der Waals surface area contributed by atoms with Gasteiger partial charge in [-0.05, 0) is 59.6 Å². The standard InChI is InChI=1S/C32H34ClNO5/c1-31(2)13-22-28(24(35)15-31)27(29-23(34(22)5)14-32(3,4)16-25(29)36)21-12-20(33)10-11-26(21)39-17-18-6-8-19(9-7-18)30(37)38/h6-12,27H,13-17H2,1-5H3,(H,37,38). The molecule has 0 amide bonds. The SMILES string of the molecule is CN1C2=C(C(=O)CC(C)(C)C2)C(c2cc(Cl)ccc2OCc2ccc(C(=O)O)cc2)C2=C1CC(C)(C)CC2=O. The molecule has 0 unspecified atom stereocenters. The number of ketones is 2. The van der Waals surface area contributed by atoms with Gasteiger partial charge in [-0.2, -0.15) is 0 Å². The molecule has 6 nitrogen and oxygen atoms in total. The molecule has 2 aromatic carbocycles. The van der Waals surface area contributed by atoms with Crippen molar-refractivity contribution in [2.45, 2.75) is 65.9 Å². The van der Waals surface area contributed by atoms with E-state index in [0.717, 1.165) is 29.8 Å². The molecule has 0 spiro atoms. The van der Waals surface area contributed by atoms with E-state index in [0.29, 0.717) is 40.3 Å². The van der Waals surface area contributed by atoms with Gasteiger partial charge in [0.15, 0.2) is 11.6 Å². The fourth-order valence-corrected chi connectivity index (χ4v) is 6.44. The molecular formula is C32H34ClNO5. The first-order chi connectivity index (χ1) is 18.3. The van der Waals surface area contributed by atoms with Crippen molar-refractivity contribution in [1.29, 1.82) is 0 Å². The molecule has 7 heteroatoms. The molecule has 5 rings (SSSR count). The number of carbonyl (C=O) groups excluding carboxylic acids is 2. The molecule has 2 aromatic rings. The Hall–Kier alpha value is -3.38. The van der Waals surface area contributed by atoms with Gasteiger partial charge in [0.2, 0.25) is 0 Å². The average molecular weight is 548 g/mol. The van der Waals surface area contributed by atoms with E-state index in [1.165, 1.54) is 0 Å². The summed E-state index contributed by atoms with van der Waals surface area (Å²) in [5.41, 5.74) is 4.63. The largest absolute Gasteiger partial charge is 0.489 e. The summed E-state index contributed by atoms with van der Waals surface area (Å²) in [6.45, 7) is 8.64. The van der Waals surface area contributed by atoms with E-state index in [1.54, 1.807) is 36.4 Å². The maximum atomic E-state index is 13.8. The van der Waals surface area contributed by atoms with Crippen molar-refractivity contribution in [3.8, 4) is 5.75 Å². The predicted octanol–water partition coefficient (Wildman–Crippen LogP) is 6.93. The van der Waals surface area contributed by atoms with E-state index in [4.69, 9.17) is 16.3 Å². The van der Waals surface area contributed by atoms with Crippen molar-refractivity contribution in [2.24, 2.45) is 10.8 Å². The summed E-state index contributed by atoms with van der Waals surface area (Å²) in [4.78, 5) is 40.9. The third-order valence-corrected chi connectivity index (χ3v) is 8.29. The lowest BCUT2D eigenvalue weighted by Crippen LogP contribution is -2.43. The van der Waals surface area contributed by atoms with Gasteiger partial charge in [0.25, 0.3) is 0 Å². The van der Waals surface area contributed by atoms with Crippen LogP contribution in [0.2, 0.25) is 5.02 Å². The third kappa shape index (κ3) is 5.14. The van der Waals surface area contributed by atoms with Gasteiger partial charge in [-0.1, -0.05) is 51.4 Å². The summed E-state index contributed by atoms with van der Waals surface area (Å²) in [5.74, 6) is -0.889. The number of hydrogen-bond donors (Lipinski definition) is 1. The summed E-state index contributed by atoms with van der Waals surface area (Å²) in [7, 11) is 1.99. The number of hydrogen-bond acceptors (Lipinski definition) is 5. The van der Waals surface area contributed by atoms with Crippen LogP contribution in [0.3, 0.4) is 0 Å². The van der Waals surface area contributed by atoms with Crippen LogP contribution < -0.4 is 4.74 Å². The number of rotatable bonds is 5. The second-order valence-electron chi connectivity index (χ2n) is 12.6. The molecule has 39 heavy (non-hydrogen) atoms. The van der Waals surface area contributed by atoms with Crippen molar-refractivity contribution in [1.82, 2.24) is 4.90 Å². The Balaban J connectivity index is 1.63. The van der Waals surface area contributed by atoms with Gasteiger partial charge in [-0.25, -0.2) is 4.79 Å². The quantitative estimate of drug-likeness (QED) is 0.437. The van der Waals surface area contributed by atoms with E-state index >= 15 is 0 Å². The molecular weight excluding hydrogens is 514 g/mol. The molecule has 0 saturated heterocycles. The average Bonchev–Trinajstić information content (AvgIpc) is 2.83. The smallest absolute Gasteiger partial charge is 0.335 e. The minimum absolute atomic E-state index is 0.0532. The van der Waals surface area contributed by atoms with E-state index in [9.17, 15) is 19.5 Å². The van der Waals surface area contributed by atoms with Gasteiger partial charge in [0.05, 0.1) is 5.56 Å². The van der Waals surface area contributed by atoms with Crippen LogP contribution in [0.1, 0.15) is 80.8 Å². The topological polar surface area (TPSA) is 83.9 Å². The fraction of sp³-hybridized carbons (Fsp3) is 0.406. The Morgan fingerprint density at radius 1 is 0.923 bits per heavy atom. The summed E-state index contributed by atoms with van der Waals surface area (Å²) in [6.07, 6.45) is 2.29. The van der Waals surface area contributed by atoms with Gasteiger partial charge in [-0.15, -0.1) is 0 Å². The van der Waals surface area contributed by atoms with E-state index in [1.807, 2.05) is 13.1 Å². The molecule has 3 aliphatic rings. The van der Waals surface area contributed by atoms with E-state index in [2.05, 4.69) is 32.6 Å². The van der Waals surface area contributed by atoms with Crippen LogP contribution in [0.15, 0.2) is 65.0 Å². The number of benzene rings is 2. The van der Waals surface area contributed by atoms with Crippen molar-refractivity contribution in [2.75, 3.05) is 7.05 Å². The Bertz CT molecular complexity index is 1390. The molecule has 0 radical (unpaired) electrons. The predicted molar refractivity (Wildman–Crippen MR) is 150 cm³/mol. The lowest BCUT2D eigenvalue weighted by Gasteiger charge is -2.48. The Kier molecular flexibility index (Phi) is 6.74. The molecule has 0 aromatic heterocycles. The monoisotopic (exact) mass is 547 g/mol. The molecule has 0 atom stereocenters. The molecule has 0 bridgehead atoms. The summed E-state index contributed by atoms with van der Waals surface area (Å²) in [5, 5.41) is 9.69. The van der Waals surface area contributed by atoms with Gasteiger partial charge in [0.1, 0.15) is 12.4 Å². The number of allylic oxidation sites excluding steroid dienone is 4. The molecule has 1 N–H and O–H groups in total. The molecule has 204 valence electrons. The number of Topliss-reactive ketones (excluding diaryl/α,β-unsaturated/α-hetero) is 2. The number of aromatic carboxylic acids is 1. The van der Waals surface area contributed by atoms with Crippen LogP contribution in [0.5, 0.6) is 5.75 Å². The first-order valence-corrected chi connectivity index (χ1v) is 13.6. The van der Waals surface area contributed by atoms with Crippen LogP contribution in [0.4, 0.5) is 0 Å². The summed E-state index contributed by atoms with van der Waals surface area (Å²) >= 11 is 6.52. The van der Waals surface area contributed by atoms with Crippen LogP contribution in [0, 0.1) is 10.8 Å². The third-order valence-electron chi connectivity index (χ3n) is 8.06. The van der Waals surface area contributed by atoms with Crippen LogP contribution >= 0.6 is 11.6 Å². The number of halogens is 1. The number of nitrogens with zero attached hydrogens (tertiary/aromatic N) is 1. The van der Waals surface area contributed by atoms with Crippen molar-refractivity contribution < 1.29 is 24.2 Å². The minimum atomic E-state index is -0.987. The van der Waals surface area contributed by atoms with Gasteiger partial charge in [-0.3, -0.25) is 9.59 Å². The van der Waals surface area contributed by atoms with Crippen LogP contribution in [-0.4, -0.2) is 34.6 Å². The maximum Gasteiger partial charge on any atom is 0.335 e. The van der Waals surface area contributed by atoms with E-state index < -0.39 is 11.9 Å². The zero-order valence-corrected chi connectivity index (χ0v) is 23.8. The minimum Gasteiger partial charge on any atom is -0.489 e. The first kappa shape index (κ1) is 27.2. The lowest BCUT2D eigenvalue weighted by atomic mass is 9.63. The summed E-state index contributed by atoms with van der Waals surface area (Å²) < 4.78 is 6.28. The first-order valence-electron chi connectivity index (χ1n) is 13.3. The molecule has 1 aliphatic heterocycles. The van der Waals surface area contributed by atoms with Gasteiger partial charge in [0, 0.05) is 58.9 Å². The van der Waals surface area contributed by atoms with Crippen LogP contribution in [-0.2, 0) is 16.2 Å². The Morgan fingerprint density at radius 2 is 1.46 bits per heavy atom. The highest BCUT2D eigenvalue weighted by Crippen LogP contribution is 2.55. The van der Waals surface area contributed by atoms with Crippen molar-refractivity contribution in [3.63, 3.8) is 0 Å². The Labute approximate surface area is 234 Å². The molecule has 0 fully saturated rings. The molecule has 1 heterocycles. The van der Waals surface area contributed by atoms with Crippen molar-refractivity contribution in [3.05, 3.63) is 86.7 Å². The molecule has 2 aliphatic carbocycles. The zero-order valence-electron chi connectivity index (χ0n) is 23.1. The lowest BCUT2D eigenvalue weighted by molar-refractivity contribution is -0.119. The number of ether oxygens (including phenoxy) is 1. The maximum absolute atomic E-state index is 13.8. The highest BCUT2D eigenvalue weighted by molar-refractivity contribution is 6.30. The van der Waals surface area contributed by atoms with Gasteiger partial charge >= 0.3 is 5.97 Å². The van der Waals surface area contributed by atoms with Crippen LogP contribution in [0.25, 0.3) is 0 Å². The van der Waals surface area contributed by atoms with Crippen molar-refractivity contribution >= 4 is 29.1 Å². The van der Waals surface area contributed by atoms with E-state index in [-0.39, 0.29) is 34.6 Å². The van der Waals surface area contributed by atoms with Gasteiger partial charge < -0.3 is 14.7 Å². The second-order valence-corrected chi connectivity index (χ2v) is 13.0. The number of carboxylic acid groups (broad SMARTS) is 1. The summed E-state index contributed by atoms with van der Waals surface area (Å²) in [6, 6.07) is 11.9. The zero-order chi connectivity index (χ0) is 28.3. The molecule has 0 saturated carbocycles. The fourth-order valence-electron chi connectivity index (χ4n) is 6.26. The second kappa shape index (κ2) is 9.67. The normalized spacial score (nSPS) is 20.6. The highest BCUT2D eigenvalue weighted by atomic mass is 35.5. The highest BCUT2D eigenvalue weighted by Gasteiger charge is 2.48. The number of carboxylic acids is 1. The number of carbonyl (C=O) groups is 3. The Morgan fingerprint density at radius 3 is 1.97 bits per heavy atom.